The van der Waals surface area contributed by atoms with Crippen LogP contribution in [-0.2, 0) is 15.0 Å². The Morgan fingerprint density at radius 3 is 2.34 bits per heavy atom. The molecule has 1 unspecified atom stereocenters. The monoisotopic (exact) mass is 404 g/mol. The Labute approximate surface area is 171 Å². The number of hydrogen-bond acceptors (Lipinski definition) is 2. The van der Waals surface area contributed by atoms with Crippen molar-refractivity contribution in [2.24, 2.45) is 0 Å². The molecular formula is C23H30F2N2O2. The summed E-state index contributed by atoms with van der Waals surface area (Å²) in [6.07, 6.45) is 5.11. The summed E-state index contributed by atoms with van der Waals surface area (Å²) in [5.41, 5.74) is -0.0881. The van der Waals surface area contributed by atoms with Crippen LogP contribution in [0, 0.1) is 0 Å². The molecule has 2 amide bonds. The fourth-order valence-electron chi connectivity index (χ4n) is 4.56. The van der Waals surface area contributed by atoms with Gasteiger partial charge in [0.05, 0.1) is 11.5 Å². The van der Waals surface area contributed by atoms with Crippen LogP contribution < -0.4 is 5.32 Å². The highest BCUT2D eigenvalue weighted by Crippen LogP contribution is 2.38. The van der Waals surface area contributed by atoms with E-state index in [4.69, 9.17) is 0 Å². The molecule has 1 aliphatic heterocycles. The van der Waals surface area contributed by atoms with E-state index in [1.807, 2.05) is 30.3 Å². The molecular weight excluding hydrogens is 374 g/mol. The summed E-state index contributed by atoms with van der Waals surface area (Å²) in [6, 6.07) is 8.20. The molecule has 1 aromatic rings. The molecule has 1 saturated heterocycles. The quantitative estimate of drug-likeness (QED) is 0.765. The number of amides is 2. The van der Waals surface area contributed by atoms with Crippen molar-refractivity contribution in [3.63, 3.8) is 0 Å². The second-order valence-corrected chi connectivity index (χ2v) is 8.22. The standard InChI is InChI=1S/C23H30F2N2O2/c1-2-20(28)27-16-14-22(15-17-27,18-10-6-5-7-11-18)21(29)26-19-12-8-3-4-9-13-23(19,24)25/h2,5-7,10-11,19H,1,3-4,8-9,12-17H2,(H,26,29). The van der Waals surface area contributed by atoms with Gasteiger partial charge in [0.2, 0.25) is 11.8 Å². The summed E-state index contributed by atoms with van der Waals surface area (Å²) in [4.78, 5) is 27.1. The topological polar surface area (TPSA) is 49.4 Å². The van der Waals surface area contributed by atoms with Crippen LogP contribution in [0.15, 0.2) is 43.0 Å². The molecule has 158 valence electrons. The first-order valence-electron chi connectivity index (χ1n) is 10.5. The van der Waals surface area contributed by atoms with Gasteiger partial charge in [-0.05, 0) is 37.3 Å². The van der Waals surface area contributed by atoms with Crippen molar-refractivity contribution in [3.8, 4) is 0 Å². The lowest BCUT2D eigenvalue weighted by atomic mass is 9.71. The number of hydrogen-bond donors (Lipinski definition) is 1. The van der Waals surface area contributed by atoms with Crippen LogP contribution in [0.25, 0.3) is 0 Å². The number of alkyl halides is 2. The molecule has 1 aliphatic carbocycles. The lowest BCUT2D eigenvalue weighted by molar-refractivity contribution is -0.137. The Hall–Kier alpha value is -2.24. The molecule has 4 nitrogen and oxygen atoms in total. The van der Waals surface area contributed by atoms with Crippen molar-refractivity contribution in [2.45, 2.75) is 68.7 Å². The van der Waals surface area contributed by atoms with Gasteiger partial charge in [-0.1, -0.05) is 56.2 Å². The minimum Gasteiger partial charge on any atom is -0.347 e. The second kappa shape index (κ2) is 9.06. The lowest BCUT2D eigenvalue weighted by Gasteiger charge is -2.42. The summed E-state index contributed by atoms with van der Waals surface area (Å²) in [5.74, 6) is -3.41. The summed E-state index contributed by atoms with van der Waals surface area (Å²) >= 11 is 0. The molecule has 0 bridgehead atoms. The summed E-state index contributed by atoms with van der Waals surface area (Å²) < 4.78 is 29.4. The van der Waals surface area contributed by atoms with Crippen molar-refractivity contribution < 1.29 is 18.4 Å². The van der Waals surface area contributed by atoms with Gasteiger partial charge in [-0.3, -0.25) is 9.59 Å². The molecule has 1 N–H and O–H groups in total. The van der Waals surface area contributed by atoms with Gasteiger partial charge in [0.25, 0.3) is 5.92 Å². The number of likely N-dealkylation sites (tertiary alicyclic amines) is 1. The van der Waals surface area contributed by atoms with Gasteiger partial charge in [-0.15, -0.1) is 0 Å². The number of piperidine rings is 1. The van der Waals surface area contributed by atoms with E-state index >= 15 is 0 Å². The highest BCUT2D eigenvalue weighted by molar-refractivity contribution is 5.90. The Morgan fingerprint density at radius 1 is 1.03 bits per heavy atom. The van der Waals surface area contributed by atoms with Gasteiger partial charge < -0.3 is 10.2 Å². The summed E-state index contributed by atoms with van der Waals surface area (Å²) in [6.45, 7) is 4.32. The first kappa shape index (κ1) is 21.5. The third kappa shape index (κ3) is 4.68. The SMILES string of the molecule is C=CC(=O)N1CCC(C(=O)NC2CCCCCCC2(F)F)(c2ccccc2)CC1. The van der Waals surface area contributed by atoms with Gasteiger partial charge in [0.15, 0.2) is 0 Å². The Bertz CT molecular complexity index is 728. The number of carbonyl (C=O) groups excluding carboxylic acids is 2. The molecule has 29 heavy (non-hydrogen) atoms. The largest absolute Gasteiger partial charge is 0.347 e. The molecule has 1 aromatic carbocycles. The molecule has 0 radical (unpaired) electrons. The van der Waals surface area contributed by atoms with E-state index < -0.39 is 17.4 Å². The van der Waals surface area contributed by atoms with Gasteiger partial charge >= 0.3 is 0 Å². The average Bonchev–Trinajstić information content (AvgIpc) is 2.74. The van der Waals surface area contributed by atoms with Gasteiger partial charge in [0, 0.05) is 19.5 Å². The van der Waals surface area contributed by atoms with Crippen molar-refractivity contribution in [2.75, 3.05) is 13.1 Å². The lowest BCUT2D eigenvalue weighted by Crippen LogP contribution is -2.57. The van der Waals surface area contributed by atoms with E-state index in [9.17, 15) is 18.4 Å². The maximum absolute atomic E-state index is 14.7. The van der Waals surface area contributed by atoms with E-state index in [1.165, 1.54) is 6.08 Å². The van der Waals surface area contributed by atoms with Gasteiger partial charge in [0.1, 0.15) is 0 Å². The molecule has 2 aliphatic rings. The highest BCUT2D eigenvalue weighted by atomic mass is 19.3. The van der Waals surface area contributed by atoms with E-state index in [0.29, 0.717) is 45.2 Å². The zero-order valence-corrected chi connectivity index (χ0v) is 16.8. The Morgan fingerprint density at radius 2 is 1.69 bits per heavy atom. The normalized spacial score (nSPS) is 24.1. The number of nitrogens with zero attached hydrogens (tertiary/aromatic N) is 1. The molecule has 1 heterocycles. The average molecular weight is 405 g/mol. The predicted molar refractivity (Wildman–Crippen MR) is 109 cm³/mol. The highest BCUT2D eigenvalue weighted by Gasteiger charge is 2.47. The summed E-state index contributed by atoms with van der Waals surface area (Å²) in [5, 5.41) is 2.73. The van der Waals surface area contributed by atoms with E-state index in [-0.39, 0.29) is 18.2 Å². The van der Waals surface area contributed by atoms with Crippen molar-refractivity contribution >= 4 is 11.8 Å². The molecule has 1 saturated carbocycles. The third-order valence-corrected chi connectivity index (χ3v) is 6.43. The molecule has 6 heteroatoms. The zero-order chi connectivity index (χ0) is 20.9. The molecule has 0 aromatic heterocycles. The van der Waals surface area contributed by atoms with E-state index in [1.54, 1.807) is 4.90 Å². The van der Waals surface area contributed by atoms with Gasteiger partial charge in [-0.2, -0.15) is 0 Å². The smallest absolute Gasteiger partial charge is 0.267 e. The molecule has 3 rings (SSSR count). The molecule has 1 atom stereocenters. The van der Waals surface area contributed by atoms with Crippen LogP contribution in [0.2, 0.25) is 0 Å². The minimum absolute atomic E-state index is 0.168. The predicted octanol–water partition coefficient (Wildman–Crippen LogP) is 4.21. The van der Waals surface area contributed by atoms with Crippen LogP contribution in [-0.4, -0.2) is 41.8 Å². The van der Waals surface area contributed by atoms with Crippen molar-refractivity contribution in [1.82, 2.24) is 10.2 Å². The molecule has 0 spiro atoms. The minimum atomic E-state index is -2.90. The Kier molecular flexibility index (Phi) is 6.70. The van der Waals surface area contributed by atoms with Crippen LogP contribution in [0.3, 0.4) is 0 Å². The number of halogens is 2. The van der Waals surface area contributed by atoms with Gasteiger partial charge in [-0.25, -0.2) is 8.78 Å². The van der Waals surface area contributed by atoms with Crippen LogP contribution in [0.5, 0.6) is 0 Å². The third-order valence-electron chi connectivity index (χ3n) is 6.43. The number of carbonyl (C=O) groups is 2. The van der Waals surface area contributed by atoms with Crippen LogP contribution in [0.1, 0.15) is 56.9 Å². The van der Waals surface area contributed by atoms with Crippen molar-refractivity contribution in [3.05, 3.63) is 48.6 Å². The second-order valence-electron chi connectivity index (χ2n) is 8.22. The summed E-state index contributed by atoms with van der Waals surface area (Å²) in [7, 11) is 0. The maximum atomic E-state index is 14.7. The maximum Gasteiger partial charge on any atom is 0.267 e. The first-order valence-corrected chi connectivity index (χ1v) is 10.5. The Balaban J connectivity index is 1.84. The fraction of sp³-hybridized carbons (Fsp3) is 0.565. The number of benzene rings is 1. The van der Waals surface area contributed by atoms with E-state index in [0.717, 1.165) is 18.4 Å². The number of rotatable bonds is 4. The fourth-order valence-corrected chi connectivity index (χ4v) is 4.56. The molecule has 2 fully saturated rings. The van der Waals surface area contributed by atoms with Crippen LogP contribution in [0.4, 0.5) is 8.78 Å². The zero-order valence-electron chi connectivity index (χ0n) is 16.8. The van der Waals surface area contributed by atoms with Crippen molar-refractivity contribution in [1.29, 1.82) is 0 Å². The van der Waals surface area contributed by atoms with Crippen LogP contribution >= 0.6 is 0 Å². The first-order chi connectivity index (χ1) is 13.9. The number of nitrogens with one attached hydrogen (secondary N) is 1. The van der Waals surface area contributed by atoms with E-state index in [2.05, 4.69) is 11.9 Å².